The third kappa shape index (κ3) is 5.11. The summed E-state index contributed by atoms with van der Waals surface area (Å²) in [5, 5.41) is 3.49. The minimum absolute atomic E-state index is 0. The summed E-state index contributed by atoms with van der Waals surface area (Å²) in [6.07, 6.45) is 4.37. The fraction of sp³-hybridized carbons (Fsp3) is 0.294. The summed E-state index contributed by atoms with van der Waals surface area (Å²) in [6.45, 7) is 6.62. The van der Waals surface area contributed by atoms with Crippen LogP contribution in [-0.4, -0.2) is 5.91 Å². The van der Waals surface area contributed by atoms with Crippen LogP contribution in [0.15, 0.2) is 36.7 Å². The third-order valence-corrected chi connectivity index (χ3v) is 3.65. The van der Waals surface area contributed by atoms with Gasteiger partial charge in [0.1, 0.15) is 0 Å². The maximum Gasteiger partial charge on any atom is 0.230 e. The lowest BCUT2D eigenvalue weighted by Crippen LogP contribution is -3.00. The van der Waals surface area contributed by atoms with Gasteiger partial charge in [-0.2, -0.15) is 0 Å². The second-order valence-corrected chi connectivity index (χ2v) is 5.76. The molecule has 0 unspecified atom stereocenters. The summed E-state index contributed by atoms with van der Waals surface area (Å²) in [5.41, 5.74) is 3.99. The predicted molar refractivity (Wildman–Crippen MR) is 85.5 cm³/mol. The van der Waals surface area contributed by atoms with Crippen LogP contribution >= 0.6 is 11.6 Å². The normalized spacial score (nSPS) is 10.0. The number of aryl methyl sites for hydroxylation is 4. The molecule has 22 heavy (non-hydrogen) atoms. The van der Waals surface area contributed by atoms with Crippen molar-refractivity contribution in [2.24, 2.45) is 0 Å². The zero-order valence-corrected chi connectivity index (χ0v) is 15.3. The van der Waals surface area contributed by atoms with Crippen LogP contribution in [0.5, 0.6) is 0 Å². The van der Waals surface area contributed by atoms with Gasteiger partial charge in [-0.1, -0.05) is 17.7 Å². The number of hydrogen-bond donors (Lipinski definition) is 1. The minimum atomic E-state index is -0.0306. The average molecular weight is 384 g/mol. The maximum atomic E-state index is 12.1. The van der Waals surface area contributed by atoms with Crippen LogP contribution in [-0.2, 0) is 11.3 Å². The number of nitrogens with one attached hydrogen (secondary N) is 1. The molecule has 0 saturated carbocycles. The Morgan fingerprint density at radius 3 is 2.36 bits per heavy atom. The highest BCUT2D eigenvalue weighted by atomic mass is 79.9. The van der Waals surface area contributed by atoms with Crippen molar-refractivity contribution in [3.05, 3.63) is 58.4 Å². The molecule has 0 aliphatic heterocycles. The van der Waals surface area contributed by atoms with Gasteiger partial charge in [-0.05, 0) is 43.5 Å². The van der Waals surface area contributed by atoms with Crippen LogP contribution < -0.4 is 26.9 Å². The van der Waals surface area contributed by atoms with E-state index < -0.39 is 0 Å². The number of aromatic nitrogens is 1. The van der Waals surface area contributed by atoms with E-state index in [9.17, 15) is 4.79 Å². The molecule has 1 N–H and O–H groups in total. The topological polar surface area (TPSA) is 33.0 Å². The van der Waals surface area contributed by atoms with Gasteiger partial charge in [0, 0.05) is 12.1 Å². The van der Waals surface area contributed by atoms with Gasteiger partial charge in [-0.25, -0.2) is 4.57 Å². The second kappa shape index (κ2) is 8.30. The first-order chi connectivity index (χ1) is 9.95. The van der Waals surface area contributed by atoms with Crippen LogP contribution in [0, 0.1) is 20.8 Å². The predicted octanol–water partition coefficient (Wildman–Crippen LogP) is 0.586. The van der Waals surface area contributed by atoms with Crippen LogP contribution in [0.4, 0.5) is 5.69 Å². The Morgan fingerprint density at radius 1 is 1.14 bits per heavy atom. The van der Waals surface area contributed by atoms with Gasteiger partial charge < -0.3 is 22.3 Å². The lowest BCUT2D eigenvalue weighted by molar-refractivity contribution is -0.695. The molecule has 2 rings (SSSR count). The van der Waals surface area contributed by atoms with Gasteiger partial charge in [0.2, 0.25) is 5.91 Å². The van der Waals surface area contributed by atoms with Gasteiger partial charge in [-0.3, -0.25) is 4.79 Å². The average Bonchev–Trinajstić information content (AvgIpc) is 2.42. The van der Waals surface area contributed by atoms with E-state index in [1.54, 1.807) is 0 Å². The summed E-state index contributed by atoms with van der Waals surface area (Å²) >= 11 is 6.19. The molecule has 0 bridgehead atoms. The monoisotopic (exact) mass is 382 g/mol. The van der Waals surface area contributed by atoms with Crippen LogP contribution in [0.25, 0.3) is 0 Å². The number of carbonyl (C=O) groups is 1. The highest BCUT2D eigenvalue weighted by Gasteiger charge is 2.11. The summed E-state index contributed by atoms with van der Waals surface area (Å²) in [6, 6.07) is 7.92. The highest BCUT2D eigenvalue weighted by molar-refractivity contribution is 6.34. The maximum absolute atomic E-state index is 12.1. The Bertz CT molecular complexity index is 633. The number of carbonyl (C=O) groups excluding carboxylic acids is 1. The van der Waals surface area contributed by atoms with E-state index in [0.29, 0.717) is 23.7 Å². The lowest BCUT2D eigenvalue weighted by atomic mass is 10.1. The van der Waals surface area contributed by atoms with E-state index in [1.165, 1.54) is 5.56 Å². The summed E-state index contributed by atoms with van der Waals surface area (Å²) in [4.78, 5) is 12.1. The lowest BCUT2D eigenvalue weighted by Gasteiger charge is -2.11. The Hall–Kier alpha value is -1.39. The van der Waals surface area contributed by atoms with Crippen molar-refractivity contribution in [2.45, 2.75) is 33.7 Å². The number of halogens is 2. The van der Waals surface area contributed by atoms with Crippen molar-refractivity contribution in [3.8, 4) is 0 Å². The van der Waals surface area contributed by atoms with Crippen molar-refractivity contribution in [1.82, 2.24) is 0 Å². The number of anilines is 1. The molecule has 2 aromatic rings. The molecule has 1 aromatic carbocycles. The van der Waals surface area contributed by atoms with E-state index in [0.717, 1.165) is 11.1 Å². The van der Waals surface area contributed by atoms with E-state index in [-0.39, 0.29) is 22.9 Å². The van der Waals surface area contributed by atoms with Gasteiger partial charge in [0.15, 0.2) is 18.9 Å². The molecule has 1 heterocycles. The van der Waals surface area contributed by atoms with Crippen LogP contribution in [0.2, 0.25) is 5.02 Å². The number of nitrogens with zero attached hydrogens (tertiary/aromatic N) is 1. The first-order valence-electron chi connectivity index (χ1n) is 6.98. The SMILES string of the molecule is Cc1cc[n+](CCC(=O)Nc2c(C)cc(C)cc2Cl)cc1.[Br-]. The van der Waals surface area contributed by atoms with Gasteiger partial charge in [0.25, 0.3) is 0 Å². The molecule has 3 nitrogen and oxygen atoms in total. The van der Waals surface area contributed by atoms with Crippen LogP contribution in [0.3, 0.4) is 0 Å². The van der Waals surface area contributed by atoms with Gasteiger partial charge in [0.05, 0.1) is 17.1 Å². The summed E-state index contributed by atoms with van der Waals surface area (Å²) in [7, 11) is 0. The van der Waals surface area contributed by atoms with Crippen molar-refractivity contribution in [3.63, 3.8) is 0 Å². The Kier molecular flexibility index (Phi) is 7.04. The molecular weight excluding hydrogens is 364 g/mol. The van der Waals surface area contributed by atoms with E-state index in [4.69, 9.17) is 11.6 Å². The molecule has 0 fully saturated rings. The largest absolute Gasteiger partial charge is 1.00 e. The molecule has 0 radical (unpaired) electrons. The van der Waals surface area contributed by atoms with E-state index in [1.807, 2.05) is 62.0 Å². The van der Waals surface area contributed by atoms with Crippen molar-refractivity contribution < 1.29 is 26.3 Å². The van der Waals surface area contributed by atoms with E-state index >= 15 is 0 Å². The molecule has 0 spiro atoms. The summed E-state index contributed by atoms with van der Waals surface area (Å²) in [5.74, 6) is -0.0306. The third-order valence-electron chi connectivity index (χ3n) is 3.35. The standard InChI is InChI=1S/C17H19ClN2O.BrH/c1-12-4-7-20(8-5-12)9-6-16(21)19-17-14(3)10-13(2)11-15(17)18;/h4-5,7-8,10-11H,6,9H2,1-3H3;1H. The first-order valence-corrected chi connectivity index (χ1v) is 7.36. The fourth-order valence-electron chi connectivity index (χ4n) is 2.19. The molecule has 1 amide bonds. The van der Waals surface area contributed by atoms with Gasteiger partial charge >= 0.3 is 0 Å². The second-order valence-electron chi connectivity index (χ2n) is 5.35. The van der Waals surface area contributed by atoms with Crippen molar-refractivity contribution in [1.29, 1.82) is 0 Å². The number of amides is 1. The molecule has 0 aliphatic rings. The molecule has 118 valence electrons. The number of benzene rings is 1. The number of pyridine rings is 1. The van der Waals surface area contributed by atoms with Crippen molar-refractivity contribution in [2.75, 3.05) is 5.32 Å². The molecule has 0 saturated heterocycles. The zero-order chi connectivity index (χ0) is 15.4. The molecule has 0 atom stereocenters. The smallest absolute Gasteiger partial charge is 0.230 e. The molecule has 1 aromatic heterocycles. The highest BCUT2D eigenvalue weighted by Crippen LogP contribution is 2.27. The van der Waals surface area contributed by atoms with E-state index in [2.05, 4.69) is 5.32 Å². The van der Waals surface area contributed by atoms with Crippen LogP contribution in [0.1, 0.15) is 23.1 Å². The summed E-state index contributed by atoms with van der Waals surface area (Å²) < 4.78 is 2.00. The number of rotatable bonds is 4. The molecule has 0 aliphatic carbocycles. The Labute approximate surface area is 147 Å². The minimum Gasteiger partial charge on any atom is -1.00 e. The molecule has 5 heteroatoms. The zero-order valence-electron chi connectivity index (χ0n) is 13.0. The Balaban J connectivity index is 0.00000242. The number of hydrogen-bond acceptors (Lipinski definition) is 1. The molecular formula is C17H20BrClN2O. The van der Waals surface area contributed by atoms with Crippen molar-refractivity contribution >= 4 is 23.2 Å². The quantitative estimate of drug-likeness (QED) is 0.770. The fourth-order valence-corrected chi connectivity index (χ4v) is 2.56. The van der Waals surface area contributed by atoms with Gasteiger partial charge in [-0.15, -0.1) is 0 Å². The Morgan fingerprint density at radius 2 is 1.77 bits per heavy atom. The first kappa shape index (κ1) is 18.7.